The molecule has 0 N–H and O–H groups in total. The fourth-order valence-electron chi connectivity index (χ4n) is 4.30. The first-order valence-corrected chi connectivity index (χ1v) is 9.77. The molecule has 0 unspecified atom stereocenters. The number of fused-ring (bicyclic) bond motifs is 4. The average Bonchev–Trinajstić information content (AvgIpc) is 3.33. The highest BCUT2D eigenvalue weighted by atomic mass is 16.3. The summed E-state index contributed by atoms with van der Waals surface area (Å²) in [6.07, 6.45) is 1.85. The van der Waals surface area contributed by atoms with Crippen LogP contribution in [0.3, 0.4) is 0 Å². The third kappa shape index (κ3) is 2.36. The van der Waals surface area contributed by atoms with E-state index in [2.05, 4.69) is 71.3 Å². The highest BCUT2D eigenvalue weighted by Gasteiger charge is 2.31. The number of furan rings is 1. The average molecular weight is 377 g/mol. The SMILES string of the molecule is Cc1ccc2c(oc3ccccc32)c1N1CN(c2ccccc2)c2ncccc21. The predicted molar refractivity (Wildman–Crippen MR) is 118 cm³/mol. The Hall–Kier alpha value is -3.79. The van der Waals surface area contributed by atoms with Gasteiger partial charge in [-0.15, -0.1) is 0 Å². The van der Waals surface area contributed by atoms with Crippen LogP contribution in [-0.4, -0.2) is 11.7 Å². The minimum Gasteiger partial charge on any atom is -0.454 e. The smallest absolute Gasteiger partial charge is 0.159 e. The van der Waals surface area contributed by atoms with Crippen molar-refractivity contribution in [2.45, 2.75) is 6.92 Å². The summed E-state index contributed by atoms with van der Waals surface area (Å²) < 4.78 is 6.35. The van der Waals surface area contributed by atoms with Crippen LogP contribution < -0.4 is 9.80 Å². The van der Waals surface area contributed by atoms with Crippen LogP contribution in [0.15, 0.2) is 89.5 Å². The molecule has 0 spiro atoms. The monoisotopic (exact) mass is 377 g/mol. The van der Waals surface area contributed by atoms with Gasteiger partial charge in [-0.2, -0.15) is 0 Å². The Labute approximate surface area is 168 Å². The Morgan fingerprint density at radius 1 is 0.793 bits per heavy atom. The first kappa shape index (κ1) is 16.2. The quantitative estimate of drug-likeness (QED) is 0.350. The molecule has 0 saturated carbocycles. The van der Waals surface area contributed by atoms with E-state index < -0.39 is 0 Å². The second-order valence-corrected chi connectivity index (χ2v) is 7.39. The van der Waals surface area contributed by atoms with Crippen LogP contribution in [-0.2, 0) is 0 Å². The summed E-state index contributed by atoms with van der Waals surface area (Å²) in [6, 6.07) is 27.1. The first-order valence-electron chi connectivity index (χ1n) is 9.77. The summed E-state index contributed by atoms with van der Waals surface area (Å²) in [5.74, 6) is 0.964. The van der Waals surface area contributed by atoms with Gasteiger partial charge in [0.1, 0.15) is 12.3 Å². The predicted octanol–water partition coefficient (Wildman–Crippen LogP) is 6.54. The lowest BCUT2D eigenvalue weighted by Gasteiger charge is -2.23. The van der Waals surface area contributed by atoms with Crippen molar-refractivity contribution >= 4 is 44.8 Å². The van der Waals surface area contributed by atoms with Crippen molar-refractivity contribution in [1.29, 1.82) is 0 Å². The highest BCUT2D eigenvalue weighted by molar-refractivity contribution is 6.10. The lowest BCUT2D eigenvalue weighted by molar-refractivity contribution is 0.667. The maximum Gasteiger partial charge on any atom is 0.159 e. The number of aryl methyl sites for hydroxylation is 1. The van der Waals surface area contributed by atoms with Crippen molar-refractivity contribution in [1.82, 2.24) is 4.98 Å². The van der Waals surface area contributed by atoms with Crippen LogP contribution >= 0.6 is 0 Å². The van der Waals surface area contributed by atoms with Crippen LogP contribution in [0, 0.1) is 6.92 Å². The molecular formula is C25H19N3O. The Bertz CT molecular complexity index is 1360. The third-order valence-corrected chi connectivity index (χ3v) is 5.66. The Morgan fingerprint density at radius 3 is 2.52 bits per heavy atom. The normalized spacial score (nSPS) is 13.4. The van der Waals surface area contributed by atoms with Gasteiger partial charge < -0.3 is 14.2 Å². The zero-order valence-corrected chi connectivity index (χ0v) is 16.0. The van der Waals surface area contributed by atoms with E-state index in [1.54, 1.807) is 0 Å². The van der Waals surface area contributed by atoms with E-state index in [-0.39, 0.29) is 0 Å². The van der Waals surface area contributed by atoms with Gasteiger partial charge in [0.15, 0.2) is 11.4 Å². The molecule has 5 aromatic rings. The van der Waals surface area contributed by atoms with Crippen molar-refractivity contribution in [2.24, 2.45) is 0 Å². The molecule has 0 aliphatic carbocycles. The molecule has 3 aromatic carbocycles. The Balaban J connectivity index is 1.59. The molecule has 0 radical (unpaired) electrons. The number of para-hydroxylation sites is 2. The summed E-state index contributed by atoms with van der Waals surface area (Å²) >= 11 is 0. The number of hydrogen-bond donors (Lipinski definition) is 0. The molecule has 2 aromatic heterocycles. The van der Waals surface area contributed by atoms with E-state index in [4.69, 9.17) is 9.40 Å². The summed E-state index contributed by atoms with van der Waals surface area (Å²) in [5, 5.41) is 2.29. The van der Waals surface area contributed by atoms with E-state index >= 15 is 0 Å². The molecule has 0 saturated heterocycles. The third-order valence-electron chi connectivity index (χ3n) is 5.66. The molecule has 3 heterocycles. The van der Waals surface area contributed by atoms with Crippen LogP contribution in [0.5, 0.6) is 0 Å². The van der Waals surface area contributed by atoms with Crippen LogP contribution in [0.1, 0.15) is 5.56 Å². The number of aromatic nitrogens is 1. The fraction of sp³-hybridized carbons (Fsp3) is 0.0800. The van der Waals surface area contributed by atoms with Gasteiger partial charge in [0.25, 0.3) is 0 Å². The molecular weight excluding hydrogens is 358 g/mol. The maximum absolute atomic E-state index is 6.35. The second kappa shape index (κ2) is 6.11. The molecule has 6 rings (SSSR count). The standard InChI is InChI=1S/C25H19N3O/c1-17-13-14-20-19-10-5-6-12-22(19)29-24(20)23(17)28-16-27(18-8-3-2-4-9-18)25-21(28)11-7-15-26-25/h2-15H,16H2,1H3. The molecule has 1 aliphatic heterocycles. The van der Waals surface area contributed by atoms with Crippen LogP contribution in [0.4, 0.5) is 22.9 Å². The molecule has 29 heavy (non-hydrogen) atoms. The van der Waals surface area contributed by atoms with Gasteiger partial charge in [0.05, 0.1) is 11.4 Å². The zero-order chi connectivity index (χ0) is 19.4. The molecule has 0 amide bonds. The Morgan fingerprint density at radius 2 is 1.62 bits per heavy atom. The van der Waals surface area contributed by atoms with Gasteiger partial charge in [-0.05, 0) is 42.8 Å². The second-order valence-electron chi connectivity index (χ2n) is 7.39. The van der Waals surface area contributed by atoms with Crippen molar-refractivity contribution in [3.8, 4) is 0 Å². The summed E-state index contributed by atoms with van der Waals surface area (Å²) in [6.45, 7) is 2.83. The van der Waals surface area contributed by atoms with Gasteiger partial charge in [-0.25, -0.2) is 4.98 Å². The van der Waals surface area contributed by atoms with Crippen LogP contribution in [0.25, 0.3) is 21.9 Å². The first-order chi connectivity index (χ1) is 14.3. The number of nitrogens with zero attached hydrogens (tertiary/aromatic N) is 3. The molecule has 140 valence electrons. The minimum atomic E-state index is 0.688. The van der Waals surface area contributed by atoms with Gasteiger partial charge >= 0.3 is 0 Å². The van der Waals surface area contributed by atoms with E-state index in [9.17, 15) is 0 Å². The molecule has 4 nitrogen and oxygen atoms in total. The van der Waals surface area contributed by atoms with E-state index in [0.29, 0.717) is 6.67 Å². The maximum atomic E-state index is 6.35. The number of rotatable bonds is 2. The van der Waals surface area contributed by atoms with Gasteiger partial charge in [0, 0.05) is 22.7 Å². The fourth-order valence-corrected chi connectivity index (χ4v) is 4.30. The van der Waals surface area contributed by atoms with Crippen molar-refractivity contribution < 1.29 is 4.42 Å². The molecule has 4 heteroatoms. The summed E-state index contributed by atoms with van der Waals surface area (Å²) in [7, 11) is 0. The molecule has 0 bridgehead atoms. The minimum absolute atomic E-state index is 0.688. The number of benzene rings is 3. The van der Waals surface area contributed by atoms with Gasteiger partial charge in [-0.1, -0.05) is 48.5 Å². The van der Waals surface area contributed by atoms with Crippen molar-refractivity contribution in [2.75, 3.05) is 16.5 Å². The topological polar surface area (TPSA) is 32.5 Å². The lowest BCUT2D eigenvalue weighted by Crippen LogP contribution is -2.24. The van der Waals surface area contributed by atoms with Gasteiger partial charge in [0.2, 0.25) is 0 Å². The van der Waals surface area contributed by atoms with E-state index in [0.717, 1.165) is 44.8 Å². The lowest BCUT2D eigenvalue weighted by atomic mass is 10.1. The summed E-state index contributed by atoms with van der Waals surface area (Å²) in [5.41, 5.74) is 6.35. The zero-order valence-electron chi connectivity index (χ0n) is 16.0. The highest BCUT2D eigenvalue weighted by Crippen LogP contribution is 2.46. The van der Waals surface area contributed by atoms with E-state index in [1.807, 2.05) is 30.5 Å². The Kier molecular flexibility index (Phi) is 3.41. The molecule has 0 fully saturated rings. The largest absolute Gasteiger partial charge is 0.454 e. The molecule has 1 aliphatic rings. The number of anilines is 4. The van der Waals surface area contributed by atoms with Crippen LogP contribution in [0.2, 0.25) is 0 Å². The number of hydrogen-bond acceptors (Lipinski definition) is 4. The summed E-state index contributed by atoms with van der Waals surface area (Å²) in [4.78, 5) is 9.26. The van der Waals surface area contributed by atoms with E-state index in [1.165, 1.54) is 5.56 Å². The number of pyridine rings is 1. The molecule has 0 atom stereocenters. The van der Waals surface area contributed by atoms with Crippen molar-refractivity contribution in [3.05, 3.63) is 90.6 Å². The van der Waals surface area contributed by atoms with Gasteiger partial charge in [-0.3, -0.25) is 0 Å². The van der Waals surface area contributed by atoms with Crippen molar-refractivity contribution in [3.63, 3.8) is 0 Å².